The summed E-state index contributed by atoms with van der Waals surface area (Å²) < 4.78 is 34.3. The van der Waals surface area contributed by atoms with Gasteiger partial charge < -0.3 is 27.9 Å². The Morgan fingerprint density at radius 1 is 0.372 bits per heavy atom. The van der Waals surface area contributed by atoms with E-state index in [1.165, 1.54) is 135 Å². The van der Waals surface area contributed by atoms with Gasteiger partial charge in [0.25, 0.3) is 7.82 Å². The van der Waals surface area contributed by atoms with Crippen molar-refractivity contribution in [1.82, 2.24) is 0 Å². The highest BCUT2D eigenvalue weighted by atomic mass is 31.2. The van der Waals surface area contributed by atoms with Crippen LogP contribution in [0.15, 0.2) is 134 Å². The molecule has 0 radical (unpaired) electrons. The number of likely N-dealkylation sites (N-methyl/N-ethyl adjacent to an activating group) is 1. The van der Waals surface area contributed by atoms with Gasteiger partial charge in [0.1, 0.15) is 19.8 Å². The monoisotopic (exact) mass is 1220 g/mol. The highest BCUT2D eigenvalue weighted by molar-refractivity contribution is 7.45. The molecule has 0 bridgehead atoms. The molecule has 0 aromatic heterocycles. The molecule has 2 atom stereocenters. The predicted molar refractivity (Wildman–Crippen MR) is 369 cm³/mol. The van der Waals surface area contributed by atoms with Gasteiger partial charge in [-0.1, -0.05) is 289 Å². The van der Waals surface area contributed by atoms with Crippen LogP contribution in [-0.2, 0) is 32.7 Å². The van der Waals surface area contributed by atoms with Gasteiger partial charge in [-0.3, -0.25) is 14.2 Å². The van der Waals surface area contributed by atoms with E-state index in [0.717, 1.165) is 116 Å². The Labute approximate surface area is 530 Å². The summed E-state index contributed by atoms with van der Waals surface area (Å²) in [6, 6.07) is 0. The fraction of sp³-hybridized carbons (Fsp3) is 0.684. The van der Waals surface area contributed by atoms with Crippen molar-refractivity contribution in [3.8, 4) is 0 Å². The summed E-state index contributed by atoms with van der Waals surface area (Å²) in [4.78, 5) is 38.0. The van der Waals surface area contributed by atoms with Crippen molar-refractivity contribution in [3.63, 3.8) is 0 Å². The van der Waals surface area contributed by atoms with E-state index in [0.29, 0.717) is 17.4 Å². The molecule has 86 heavy (non-hydrogen) atoms. The molecule has 0 aliphatic heterocycles. The summed E-state index contributed by atoms with van der Waals surface area (Å²) in [5.41, 5.74) is 0. The van der Waals surface area contributed by atoms with Crippen molar-refractivity contribution in [1.29, 1.82) is 0 Å². The lowest BCUT2D eigenvalue weighted by Gasteiger charge is -2.28. The van der Waals surface area contributed by atoms with Crippen LogP contribution < -0.4 is 4.89 Å². The number of allylic oxidation sites excluding steroid dienone is 22. The first-order valence-electron chi connectivity index (χ1n) is 34.9. The smallest absolute Gasteiger partial charge is 0.306 e. The Morgan fingerprint density at radius 2 is 0.663 bits per heavy atom. The van der Waals surface area contributed by atoms with Gasteiger partial charge in [-0.2, -0.15) is 0 Å². The summed E-state index contributed by atoms with van der Waals surface area (Å²) in [7, 11) is 1.16. The summed E-state index contributed by atoms with van der Waals surface area (Å²) in [5, 5.41) is 0. The molecular weight excluding hydrogens is 1090 g/mol. The number of carbonyl (C=O) groups is 2. The van der Waals surface area contributed by atoms with Gasteiger partial charge in [0.05, 0.1) is 27.7 Å². The van der Waals surface area contributed by atoms with Crippen molar-refractivity contribution in [2.24, 2.45) is 0 Å². The van der Waals surface area contributed by atoms with Crippen LogP contribution in [0.2, 0.25) is 0 Å². The van der Waals surface area contributed by atoms with E-state index >= 15 is 0 Å². The topological polar surface area (TPSA) is 111 Å². The van der Waals surface area contributed by atoms with E-state index in [4.69, 9.17) is 18.5 Å². The molecule has 0 heterocycles. The summed E-state index contributed by atoms with van der Waals surface area (Å²) in [6.07, 6.45) is 95.2. The van der Waals surface area contributed by atoms with Gasteiger partial charge in [0, 0.05) is 12.8 Å². The van der Waals surface area contributed by atoms with Gasteiger partial charge >= 0.3 is 11.9 Å². The summed E-state index contributed by atoms with van der Waals surface area (Å²) >= 11 is 0. The maximum absolute atomic E-state index is 12.9. The van der Waals surface area contributed by atoms with E-state index in [2.05, 4.69) is 148 Å². The lowest BCUT2D eigenvalue weighted by molar-refractivity contribution is -0.870. The minimum absolute atomic E-state index is 0.0364. The number of nitrogens with zero attached hydrogens (tertiary/aromatic N) is 1. The third kappa shape index (κ3) is 69.3. The third-order valence-electron chi connectivity index (χ3n) is 14.7. The summed E-state index contributed by atoms with van der Waals surface area (Å²) in [6.45, 7) is 4.12. The molecule has 0 aliphatic carbocycles. The number of hydrogen-bond acceptors (Lipinski definition) is 8. The fourth-order valence-corrected chi connectivity index (χ4v) is 10.1. The predicted octanol–water partition coefficient (Wildman–Crippen LogP) is 22.2. The molecule has 0 saturated carbocycles. The fourth-order valence-electron chi connectivity index (χ4n) is 9.33. The minimum Gasteiger partial charge on any atom is -0.756 e. The van der Waals surface area contributed by atoms with Crippen LogP contribution in [0, 0.1) is 0 Å². The lowest BCUT2D eigenvalue weighted by Crippen LogP contribution is -2.37. The average molecular weight is 1220 g/mol. The Balaban J connectivity index is 4.06. The van der Waals surface area contributed by atoms with Gasteiger partial charge in [-0.15, -0.1) is 0 Å². The molecule has 0 spiro atoms. The Bertz CT molecular complexity index is 1910. The van der Waals surface area contributed by atoms with Gasteiger partial charge in [-0.25, -0.2) is 0 Å². The van der Waals surface area contributed by atoms with Crippen LogP contribution >= 0.6 is 7.82 Å². The molecule has 0 rings (SSSR count). The SMILES string of the molecule is CC/C=C\C/C=C\C/C=C\C/C=C\C/C=C\C/C=C\C/C=C\C/C=C\C/C=C\CCCCCCCCCCCCCCCC(=O)OC(COC(=O)CCCCCCCCCCC/C=C\C/C=C\CCCCCCC)COP(=O)([O-])OCC[N+](C)(C)C. The second-order valence-corrected chi connectivity index (χ2v) is 25.6. The first-order chi connectivity index (χ1) is 42.0. The number of phosphoric ester groups is 1. The quantitative estimate of drug-likeness (QED) is 0.0195. The minimum atomic E-state index is -4.65. The Kier molecular flexibility index (Phi) is 62.7. The zero-order valence-electron chi connectivity index (χ0n) is 56.0. The standard InChI is InChI=1S/C76H130NO8P/c1-6-8-10-12-14-16-18-20-22-24-26-28-29-30-31-32-33-34-35-36-37-38-39-40-41-42-43-44-45-46-47-49-51-53-55-57-59-61-63-65-67-69-76(79)85-74(73-84-86(80,81)83-71-70-77(3,4)5)72-82-75(78)68-66-64-62-60-58-56-54-52-50-48-27-25-23-21-19-17-15-13-11-9-7-2/h8,10,14,16,19-22,25-28,30-31,33-34,36-37,39-40,42-43,74H,6-7,9,11-13,15,17-18,23-24,29,32,35,38,41,44-73H2,1-5H3/b10-8-,16-14-,21-19-,22-20-,27-25-,28-26-,31-30-,34-33-,37-36-,40-39-,43-42-. The summed E-state index contributed by atoms with van der Waals surface area (Å²) in [5.74, 6) is -0.839. The molecule has 0 amide bonds. The molecule has 0 fully saturated rings. The van der Waals surface area contributed by atoms with Crippen LogP contribution in [0.3, 0.4) is 0 Å². The van der Waals surface area contributed by atoms with E-state index < -0.39 is 26.5 Å². The van der Waals surface area contributed by atoms with E-state index in [1.54, 1.807) is 0 Å². The number of esters is 2. The van der Waals surface area contributed by atoms with Crippen LogP contribution in [0.25, 0.3) is 0 Å². The zero-order chi connectivity index (χ0) is 62.6. The number of rotatable bonds is 63. The zero-order valence-corrected chi connectivity index (χ0v) is 56.9. The maximum atomic E-state index is 12.9. The van der Waals surface area contributed by atoms with Crippen LogP contribution in [0.4, 0.5) is 0 Å². The molecule has 9 nitrogen and oxygen atoms in total. The van der Waals surface area contributed by atoms with Crippen molar-refractivity contribution in [2.45, 2.75) is 290 Å². The number of ether oxygens (including phenoxy) is 2. The molecular formula is C76H130NO8P. The highest BCUT2D eigenvalue weighted by Gasteiger charge is 2.22. The van der Waals surface area contributed by atoms with Crippen LogP contribution in [0.1, 0.15) is 284 Å². The second-order valence-electron chi connectivity index (χ2n) is 24.2. The molecule has 2 unspecified atom stereocenters. The lowest BCUT2D eigenvalue weighted by atomic mass is 10.0. The van der Waals surface area contributed by atoms with Crippen molar-refractivity contribution < 1.29 is 42.1 Å². The highest BCUT2D eigenvalue weighted by Crippen LogP contribution is 2.38. The second kappa shape index (κ2) is 65.6. The molecule has 10 heteroatoms. The molecule has 0 aromatic rings. The first-order valence-corrected chi connectivity index (χ1v) is 36.4. The normalized spacial score (nSPS) is 14.0. The van der Waals surface area contributed by atoms with Crippen molar-refractivity contribution in [3.05, 3.63) is 134 Å². The number of phosphoric acid groups is 1. The van der Waals surface area contributed by atoms with Crippen molar-refractivity contribution in [2.75, 3.05) is 47.5 Å². The average Bonchev–Trinajstić information content (AvgIpc) is 3.70. The Hall–Kier alpha value is -3.85. The Morgan fingerprint density at radius 3 is 0.988 bits per heavy atom. The first kappa shape index (κ1) is 82.1. The van der Waals surface area contributed by atoms with E-state index in [9.17, 15) is 19.0 Å². The van der Waals surface area contributed by atoms with Gasteiger partial charge in [0.2, 0.25) is 0 Å². The van der Waals surface area contributed by atoms with Gasteiger partial charge in [-0.05, 0) is 116 Å². The van der Waals surface area contributed by atoms with E-state index in [-0.39, 0.29) is 32.0 Å². The van der Waals surface area contributed by atoms with Gasteiger partial charge in [0.15, 0.2) is 6.10 Å². The van der Waals surface area contributed by atoms with Crippen molar-refractivity contribution >= 4 is 19.8 Å². The number of hydrogen-bond donors (Lipinski definition) is 0. The number of unbranched alkanes of at least 4 members (excludes halogenated alkanes) is 27. The molecule has 0 aliphatic rings. The molecule has 0 aromatic carbocycles. The maximum Gasteiger partial charge on any atom is 0.306 e. The molecule has 0 N–H and O–H groups in total. The number of quaternary nitrogens is 1. The third-order valence-corrected chi connectivity index (χ3v) is 15.6. The molecule has 492 valence electrons. The largest absolute Gasteiger partial charge is 0.756 e. The van der Waals surface area contributed by atoms with E-state index in [1.807, 2.05) is 21.1 Å². The molecule has 0 saturated heterocycles. The van der Waals surface area contributed by atoms with Crippen LogP contribution in [0.5, 0.6) is 0 Å². The number of carbonyl (C=O) groups excluding carboxylic acids is 2. The van der Waals surface area contributed by atoms with Crippen LogP contribution in [-0.4, -0.2) is 70.0 Å².